The van der Waals surface area contributed by atoms with Crippen LogP contribution in [0, 0.1) is 5.92 Å². The van der Waals surface area contributed by atoms with Gasteiger partial charge >= 0.3 is 0 Å². The van der Waals surface area contributed by atoms with Crippen LogP contribution in [0.4, 0.5) is 0 Å². The van der Waals surface area contributed by atoms with Gasteiger partial charge in [-0.2, -0.15) is 4.31 Å². The zero-order chi connectivity index (χ0) is 22.0. The van der Waals surface area contributed by atoms with E-state index in [1.165, 1.54) is 37.4 Å². The number of ketones is 2. The van der Waals surface area contributed by atoms with Crippen molar-refractivity contribution in [3.8, 4) is 0 Å². The molecule has 1 fully saturated rings. The second-order valence-electron chi connectivity index (χ2n) is 7.25. The monoisotopic (exact) mass is 442 g/mol. The molecule has 160 valence electrons. The number of benzene rings is 1. The Kier molecular flexibility index (Phi) is 7.02. The topological polar surface area (TPSA) is 109 Å². The van der Waals surface area contributed by atoms with Gasteiger partial charge in [-0.15, -0.1) is 0 Å². The summed E-state index contributed by atoms with van der Waals surface area (Å²) in [6.45, 7) is 1.50. The molecule has 2 rings (SSSR count). The largest absolute Gasteiger partial charge is 0.383 e. The van der Waals surface area contributed by atoms with Crippen molar-refractivity contribution in [2.75, 3.05) is 32.8 Å². The number of nitrogens with zero attached hydrogens (tertiary/aromatic N) is 2. The first-order chi connectivity index (χ1) is 13.4. The number of Topliss-reactive ketones (excluding diaryl/α,β-unsaturated/α-hetero) is 2. The van der Waals surface area contributed by atoms with Crippen molar-refractivity contribution in [1.29, 1.82) is 0 Å². The first kappa shape index (κ1) is 23.2. The van der Waals surface area contributed by atoms with E-state index in [0.717, 1.165) is 10.6 Å². The van der Waals surface area contributed by atoms with Gasteiger partial charge in [-0.1, -0.05) is 19.1 Å². The van der Waals surface area contributed by atoms with Gasteiger partial charge in [-0.05, 0) is 25.0 Å². The average Bonchev–Trinajstić information content (AvgIpc) is 3.47. The lowest BCUT2D eigenvalue weighted by Crippen LogP contribution is -2.35. The Labute approximate surface area is 172 Å². The van der Waals surface area contributed by atoms with E-state index in [4.69, 9.17) is 0 Å². The molecule has 1 aromatic rings. The number of hydrogen-bond acceptors (Lipinski definition) is 7. The number of carbonyl (C=O) groups excluding carboxylic acids is 2. The predicted molar refractivity (Wildman–Crippen MR) is 110 cm³/mol. The minimum Gasteiger partial charge on any atom is -0.383 e. The van der Waals surface area contributed by atoms with Crippen molar-refractivity contribution in [3.63, 3.8) is 0 Å². The summed E-state index contributed by atoms with van der Waals surface area (Å²) in [5.41, 5.74) is -0.213. The van der Waals surface area contributed by atoms with E-state index in [1.54, 1.807) is 19.0 Å². The molecule has 0 N–H and O–H groups in total. The predicted octanol–water partition coefficient (Wildman–Crippen LogP) is 1.31. The van der Waals surface area contributed by atoms with Crippen molar-refractivity contribution in [3.05, 3.63) is 41.6 Å². The smallest absolute Gasteiger partial charge is 0.212 e. The number of sulfone groups is 1. The summed E-state index contributed by atoms with van der Waals surface area (Å²) in [5.74, 6) is -1.98. The van der Waals surface area contributed by atoms with E-state index in [0.29, 0.717) is 12.8 Å². The Morgan fingerprint density at radius 2 is 1.69 bits per heavy atom. The number of hydrogen-bond donors (Lipinski definition) is 0. The first-order valence-electron chi connectivity index (χ1n) is 9.12. The Balaban J connectivity index is 2.51. The number of rotatable bonds is 10. The van der Waals surface area contributed by atoms with Gasteiger partial charge in [-0.3, -0.25) is 9.59 Å². The van der Waals surface area contributed by atoms with Crippen LogP contribution in [0.5, 0.6) is 0 Å². The van der Waals surface area contributed by atoms with E-state index in [2.05, 4.69) is 0 Å². The summed E-state index contributed by atoms with van der Waals surface area (Å²) in [6, 6.07) is 5.57. The molecule has 0 radical (unpaired) electrons. The van der Waals surface area contributed by atoms with E-state index in [9.17, 15) is 26.4 Å². The Morgan fingerprint density at radius 3 is 2.17 bits per heavy atom. The fraction of sp³-hybridized carbons (Fsp3) is 0.474. The standard InChI is InChI=1S/C19H26N2O6S2/c1-5-21(28(4,24)25)13-29(26,27)17-9-7-6-8-15(17)19(23)16(12-20(2)3)18(22)14-10-11-14/h6-9,12,14H,5,10-11,13H2,1-4H3/b16-12-. The summed E-state index contributed by atoms with van der Waals surface area (Å²) in [4.78, 5) is 27.1. The summed E-state index contributed by atoms with van der Waals surface area (Å²) in [6.07, 6.45) is 3.74. The van der Waals surface area contributed by atoms with Crippen LogP contribution in [0.3, 0.4) is 0 Å². The summed E-state index contributed by atoms with van der Waals surface area (Å²) >= 11 is 0. The van der Waals surface area contributed by atoms with Gasteiger partial charge in [0.05, 0.1) is 16.7 Å². The molecule has 10 heteroatoms. The van der Waals surface area contributed by atoms with E-state index in [-0.39, 0.29) is 34.3 Å². The normalized spacial score (nSPS) is 15.4. The Hall–Kier alpha value is -2.04. The molecule has 0 unspecified atom stereocenters. The van der Waals surface area contributed by atoms with E-state index >= 15 is 0 Å². The van der Waals surface area contributed by atoms with Crippen molar-refractivity contribution in [2.24, 2.45) is 5.92 Å². The van der Waals surface area contributed by atoms with Crippen molar-refractivity contribution in [2.45, 2.75) is 24.7 Å². The number of carbonyl (C=O) groups is 2. The summed E-state index contributed by atoms with van der Waals surface area (Å²) in [7, 11) is -4.55. The third-order valence-electron chi connectivity index (χ3n) is 4.45. The van der Waals surface area contributed by atoms with Crippen LogP contribution in [-0.4, -0.2) is 70.4 Å². The maximum atomic E-state index is 13.2. The van der Waals surface area contributed by atoms with Gasteiger partial charge < -0.3 is 4.90 Å². The Morgan fingerprint density at radius 1 is 1.10 bits per heavy atom. The zero-order valence-electron chi connectivity index (χ0n) is 17.0. The maximum Gasteiger partial charge on any atom is 0.212 e. The molecule has 0 heterocycles. The molecule has 0 spiro atoms. The van der Waals surface area contributed by atoms with Crippen molar-refractivity contribution < 1.29 is 26.4 Å². The highest BCUT2D eigenvalue weighted by atomic mass is 32.2. The van der Waals surface area contributed by atoms with Gasteiger partial charge in [0, 0.05) is 38.3 Å². The molecule has 1 aliphatic carbocycles. The summed E-state index contributed by atoms with van der Waals surface area (Å²) in [5, 5.41) is 0. The molecule has 0 saturated heterocycles. The van der Waals surface area contributed by atoms with Crippen LogP contribution in [-0.2, 0) is 24.7 Å². The minimum atomic E-state index is -4.15. The van der Waals surface area contributed by atoms with Gasteiger partial charge in [0.15, 0.2) is 21.4 Å². The zero-order valence-corrected chi connectivity index (χ0v) is 18.6. The van der Waals surface area contributed by atoms with Gasteiger partial charge in [0.1, 0.15) is 5.88 Å². The molecule has 0 atom stereocenters. The molecule has 1 saturated carbocycles. The van der Waals surface area contributed by atoms with Crippen LogP contribution < -0.4 is 0 Å². The third-order valence-corrected chi connectivity index (χ3v) is 7.61. The fourth-order valence-corrected chi connectivity index (χ4v) is 5.94. The highest BCUT2D eigenvalue weighted by molar-refractivity contribution is 7.93. The Bertz CT molecular complexity index is 1040. The molecule has 0 amide bonds. The minimum absolute atomic E-state index is 0.0277. The molecule has 0 aliphatic heterocycles. The van der Waals surface area contributed by atoms with Crippen LogP contribution in [0.25, 0.3) is 0 Å². The molecule has 0 bridgehead atoms. The van der Waals surface area contributed by atoms with Crippen LogP contribution in [0.1, 0.15) is 30.1 Å². The van der Waals surface area contributed by atoms with E-state index in [1.807, 2.05) is 0 Å². The second-order valence-corrected chi connectivity index (χ2v) is 11.2. The lowest BCUT2D eigenvalue weighted by atomic mass is 9.98. The van der Waals surface area contributed by atoms with Crippen molar-refractivity contribution in [1.82, 2.24) is 9.21 Å². The SMILES string of the molecule is CCN(CS(=O)(=O)c1ccccc1C(=O)/C(=C\N(C)C)C(=O)C1CC1)S(C)(=O)=O. The number of allylic oxidation sites excluding steroid dienone is 1. The molecule has 1 aliphatic rings. The van der Waals surface area contributed by atoms with E-state index < -0.39 is 31.5 Å². The third kappa shape index (κ3) is 5.74. The molecule has 29 heavy (non-hydrogen) atoms. The van der Waals surface area contributed by atoms with Crippen molar-refractivity contribution >= 4 is 31.4 Å². The maximum absolute atomic E-state index is 13.2. The first-order valence-corrected chi connectivity index (χ1v) is 12.6. The summed E-state index contributed by atoms with van der Waals surface area (Å²) < 4.78 is 50.4. The van der Waals surface area contributed by atoms with Gasteiger partial charge in [-0.25, -0.2) is 16.8 Å². The highest BCUT2D eigenvalue weighted by Gasteiger charge is 2.36. The second kappa shape index (κ2) is 8.76. The lowest BCUT2D eigenvalue weighted by Gasteiger charge is -2.19. The van der Waals surface area contributed by atoms with Crippen LogP contribution in [0.2, 0.25) is 0 Å². The van der Waals surface area contributed by atoms with Crippen LogP contribution in [0.15, 0.2) is 40.9 Å². The molecular formula is C19H26N2O6S2. The molecular weight excluding hydrogens is 416 g/mol. The molecule has 0 aromatic heterocycles. The van der Waals surface area contributed by atoms with Crippen LogP contribution >= 0.6 is 0 Å². The molecule has 1 aromatic carbocycles. The number of sulfonamides is 1. The van der Waals surface area contributed by atoms with Gasteiger partial charge in [0.2, 0.25) is 10.0 Å². The highest BCUT2D eigenvalue weighted by Crippen LogP contribution is 2.34. The fourth-order valence-electron chi connectivity index (χ4n) is 2.81. The lowest BCUT2D eigenvalue weighted by molar-refractivity contribution is -0.116. The van der Waals surface area contributed by atoms with Gasteiger partial charge in [0.25, 0.3) is 0 Å². The average molecular weight is 443 g/mol. The quantitative estimate of drug-likeness (QED) is 0.233. The molecule has 8 nitrogen and oxygen atoms in total.